The van der Waals surface area contributed by atoms with E-state index >= 15 is 0 Å². The summed E-state index contributed by atoms with van der Waals surface area (Å²) in [6, 6.07) is 0. The molecule has 0 spiro atoms. The van der Waals surface area contributed by atoms with Crippen LogP contribution >= 0.6 is 15.9 Å². The molecule has 1 amide bonds. The number of amides is 1. The Morgan fingerprint density at radius 3 is 2.87 bits per heavy atom. The van der Waals surface area contributed by atoms with Crippen LogP contribution in [-0.4, -0.2) is 55.7 Å². The molecule has 1 atom stereocenters. The molecule has 1 heterocycles. The van der Waals surface area contributed by atoms with E-state index in [1.54, 1.807) is 7.11 Å². The van der Waals surface area contributed by atoms with Crippen LogP contribution in [0.3, 0.4) is 0 Å². The summed E-state index contributed by atoms with van der Waals surface area (Å²) < 4.78 is 10.2. The molecule has 0 aliphatic carbocycles. The predicted octanol–water partition coefficient (Wildman–Crippen LogP) is 1.04. The van der Waals surface area contributed by atoms with Gasteiger partial charge in [-0.05, 0) is 6.42 Å². The topological polar surface area (TPSA) is 38.8 Å². The number of methoxy groups -OCH3 is 1. The van der Waals surface area contributed by atoms with E-state index in [-0.39, 0.29) is 5.91 Å². The minimum atomic E-state index is 0.244. The van der Waals surface area contributed by atoms with Crippen molar-refractivity contribution in [1.29, 1.82) is 0 Å². The highest BCUT2D eigenvalue weighted by Crippen LogP contribution is 2.17. The number of nitrogens with zero attached hydrogens (tertiary/aromatic N) is 1. The number of halogens is 1. The van der Waals surface area contributed by atoms with Crippen LogP contribution in [0.15, 0.2) is 0 Å². The molecular formula is C10H18BrNO3. The first kappa shape index (κ1) is 12.9. The first-order chi connectivity index (χ1) is 7.24. The lowest BCUT2D eigenvalue weighted by atomic mass is 10.4. The molecule has 0 saturated carbocycles. The van der Waals surface area contributed by atoms with Crippen LogP contribution < -0.4 is 0 Å². The van der Waals surface area contributed by atoms with E-state index in [4.69, 9.17) is 9.47 Å². The lowest BCUT2D eigenvalue weighted by molar-refractivity contribution is -0.127. The molecular weight excluding hydrogens is 262 g/mol. The van der Waals surface area contributed by atoms with Crippen molar-refractivity contribution in [2.75, 3.05) is 40.0 Å². The van der Waals surface area contributed by atoms with Gasteiger partial charge in [-0.1, -0.05) is 15.9 Å². The molecule has 0 bridgehead atoms. The van der Waals surface area contributed by atoms with Crippen molar-refractivity contribution < 1.29 is 14.3 Å². The van der Waals surface area contributed by atoms with Gasteiger partial charge >= 0.3 is 0 Å². The molecule has 5 heteroatoms. The van der Waals surface area contributed by atoms with Gasteiger partial charge in [-0.15, -0.1) is 0 Å². The first-order valence-corrected chi connectivity index (χ1v) is 6.14. The molecule has 1 rings (SSSR count). The van der Waals surface area contributed by atoms with Crippen molar-refractivity contribution >= 4 is 21.8 Å². The van der Waals surface area contributed by atoms with Gasteiger partial charge in [0, 0.05) is 38.1 Å². The van der Waals surface area contributed by atoms with Crippen molar-refractivity contribution in [2.24, 2.45) is 0 Å². The number of ether oxygens (including phenoxy) is 2. The number of rotatable bonds is 7. The molecule has 0 aromatic heterocycles. The molecule has 1 fully saturated rings. The average molecular weight is 280 g/mol. The Kier molecular flexibility index (Phi) is 6.20. The fourth-order valence-corrected chi connectivity index (χ4v) is 2.17. The van der Waals surface area contributed by atoms with Crippen LogP contribution in [0.25, 0.3) is 0 Å². The summed E-state index contributed by atoms with van der Waals surface area (Å²) in [5, 5.41) is 0. The predicted molar refractivity (Wildman–Crippen MR) is 61.2 cm³/mol. The molecule has 1 aliphatic rings. The van der Waals surface area contributed by atoms with E-state index in [0.717, 1.165) is 19.5 Å². The minimum Gasteiger partial charge on any atom is -0.382 e. The summed E-state index contributed by atoms with van der Waals surface area (Å²) in [7, 11) is 1.66. The number of alkyl halides is 1. The zero-order chi connectivity index (χ0) is 11.1. The van der Waals surface area contributed by atoms with Gasteiger partial charge in [0.2, 0.25) is 5.91 Å². The second kappa shape index (κ2) is 7.19. The van der Waals surface area contributed by atoms with Crippen molar-refractivity contribution in [1.82, 2.24) is 4.90 Å². The SMILES string of the molecule is COCCOCCCN1CC(Br)CC1=O. The standard InChI is InChI=1S/C10H18BrNO3/c1-14-5-6-15-4-2-3-12-8-9(11)7-10(12)13/h9H,2-8H2,1H3. The first-order valence-electron chi connectivity index (χ1n) is 5.22. The van der Waals surface area contributed by atoms with Crippen molar-refractivity contribution in [3.05, 3.63) is 0 Å². The van der Waals surface area contributed by atoms with E-state index in [2.05, 4.69) is 15.9 Å². The molecule has 0 radical (unpaired) electrons. The minimum absolute atomic E-state index is 0.244. The summed E-state index contributed by atoms with van der Waals surface area (Å²) in [5.74, 6) is 0.244. The van der Waals surface area contributed by atoms with E-state index in [1.165, 1.54) is 0 Å². The third-order valence-corrected chi connectivity index (χ3v) is 2.93. The van der Waals surface area contributed by atoms with Crippen molar-refractivity contribution in [3.63, 3.8) is 0 Å². The molecule has 1 unspecified atom stereocenters. The van der Waals surface area contributed by atoms with E-state index in [0.29, 0.717) is 31.1 Å². The molecule has 15 heavy (non-hydrogen) atoms. The molecule has 0 aromatic rings. The average Bonchev–Trinajstić information content (AvgIpc) is 2.51. The van der Waals surface area contributed by atoms with Crippen LogP contribution in [0, 0.1) is 0 Å². The Labute approximate surface area is 99.0 Å². The molecule has 0 N–H and O–H groups in total. The maximum Gasteiger partial charge on any atom is 0.223 e. The van der Waals surface area contributed by atoms with Crippen LogP contribution in [0.4, 0.5) is 0 Å². The van der Waals surface area contributed by atoms with Crippen molar-refractivity contribution in [2.45, 2.75) is 17.7 Å². The van der Waals surface area contributed by atoms with Gasteiger partial charge in [0.05, 0.1) is 13.2 Å². The second-order valence-electron chi connectivity index (χ2n) is 3.60. The number of carbonyl (C=O) groups is 1. The van der Waals surface area contributed by atoms with Gasteiger partial charge in [0.25, 0.3) is 0 Å². The normalized spacial score (nSPS) is 21.3. The number of hydrogen-bond acceptors (Lipinski definition) is 3. The third kappa shape index (κ3) is 4.95. The fourth-order valence-electron chi connectivity index (χ4n) is 1.54. The Morgan fingerprint density at radius 2 is 2.27 bits per heavy atom. The van der Waals surface area contributed by atoms with Crippen LogP contribution in [0.5, 0.6) is 0 Å². The molecule has 1 saturated heterocycles. The Morgan fingerprint density at radius 1 is 1.47 bits per heavy atom. The summed E-state index contributed by atoms with van der Waals surface area (Å²) in [6.07, 6.45) is 1.53. The van der Waals surface area contributed by atoms with E-state index in [9.17, 15) is 4.79 Å². The fraction of sp³-hybridized carbons (Fsp3) is 0.900. The largest absolute Gasteiger partial charge is 0.382 e. The van der Waals surface area contributed by atoms with Crippen LogP contribution in [-0.2, 0) is 14.3 Å². The summed E-state index contributed by atoms with van der Waals surface area (Å²) >= 11 is 3.45. The lowest BCUT2D eigenvalue weighted by Gasteiger charge is -2.15. The molecule has 0 aromatic carbocycles. The van der Waals surface area contributed by atoms with Gasteiger partial charge in [-0.25, -0.2) is 0 Å². The second-order valence-corrected chi connectivity index (χ2v) is 4.89. The zero-order valence-electron chi connectivity index (χ0n) is 9.08. The van der Waals surface area contributed by atoms with Gasteiger partial charge in [0.15, 0.2) is 0 Å². The smallest absolute Gasteiger partial charge is 0.223 e. The molecule has 1 aliphatic heterocycles. The lowest BCUT2D eigenvalue weighted by Crippen LogP contribution is -2.27. The van der Waals surface area contributed by atoms with Crippen LogP contribution in [0.1, 0.15) is 12.8 Å². The van der Waals surface area contributed by atoms with Gasteiger partial charge in [0.1, 0.15) is 0 Å². The van der Waals surface area contributed by atoms with Crippen molar-refractivity contribution in [3.8, 4) is 0 Å². The van der Waals surface area contributed by atoms with Crippen LogP contribution in [0.2, 0.25) is 0 Å². The summed E-state index contributed by atoms with van der Waals surface area (Å²) in [5.41, 5.74) is 0. The highest BCUT2D eigenvalue weighted by atomic mass is 79.9. The molecule has 88 valence electrons. The Balaban J connectivity index is 1.98. The van der Waals surface area contributed by atoms with Gasteiger partial charge in [-0.3, -0.25) is 4.79 Å². The van der Waals surface area contributed by atoms with E-state index in [1.807, 2.05) is 4.90 Å². The third-order valence-electron chi connectivity index (χ3n) is 2.32. The number of likely N-dealkylation sites (tertiary alicyclic amines) is 1. The number of hydrogen-bond donors (Lipinski definition) is 0. The summed E-state index contributed by atoms with van der Waals surface area (Å²) in [4.78, 5) is 13.6. The summed E-state index contributed by atoms with van der Waals surface area (Å²) in [6.45, 7) is 3.59. The van der Waals surface area contributed by atoms with E-state index < -0.39 is 0 Å². The van der Waals surface area contributed by atoms with Gasteiger partial charge in [-0.2, -0.15) is 0 Å². The monoisotopic (exact) mass is 279 g/mol. The van der Waals surface area contributed by atoms with Gasteiger partial charge < -0.3 is 14.4 Å². The Bertz CT molecular complexity index is 201. The zero-order valence-corrected chi connectivity index (χ0v) is 10.7. The Hall–Kier alpha value is -0.130. The highest BCUT2D eigenvalue weighted by Gasteiger charge is 2.26. The quantitative estimate of drug-likeness (QED) is 0.516. The maximum absolute atomic E-state index is 11.4. The molecule has 4 nitrogen and oxygen atoms in total. The number of carbonyl (C=O) groups excluding carboxylic acids is 1. The highest BCUT2D eigenvalue weighted by molar-refractivity contribution is 9.09. The maximum atomic E-state index is 11.4.